The van der Waals surface area contributed by atoms with Crippen molar-refractivity contribution >= 4 is 5.97 Å². The van der Waals surface area contributed by atoms with Crippen LogP contribution in [0.25, 0.3) is 0 Å². The first kappa shape index (κ1) is 10.8. The van der Waals surface area contributed by atoms with Gasteiger partial charge in [-0.1, -0.05) is 0 Å². The fourth-order valence-corrected chi connectivity index (χ4v) is 1.21. The van der Waals surface area contributed by atoms with Gasteiger partial charge < -0.3 is 14.8 Å². The van der Waals surface area contributed by atoms with E-state index in [0.717, 1.165) is 5.56 Å². The van der Waals surface area contributed by atoms with Gasteiger partial charge in [-0.25, -0.2) is 0 Å². The average Bonchev–Trinajstić information content (AvgIpc) is 2.51. The largest absolute Gasteiger partial charge is 0.481 e. The summed E-state index contributed by atoms with van der Waals surface area (Å²) >= 11 is 0. The molecule has 0 bridgehead atoms. The fraction of sp³-hybridized carbons (Fsp3) is 0.500. The Morgan fingerprint density at radius 1 is 1.57 bits per heavy atom. The van der Waals surface area contributed by atoms with Gasteiger partial charge in [0.1, 0.15) is 0 Å². The minimum absolute atomic E-state index is 0.0134. The van der Waals surface area contributed by atoms with Gasteiger partial charge in [-0.15, -0.1) is 0 Å². The highest BCUT2D eigenvalue weighted by molar-refractivity contribution is 5.73. The number of hydrogen-bond acceptors (Lipinski definition) is 2. The Balaban J connectivity index is 2.73. The number of aliphatic hydroxyl groups excluding tert-OH is 1. The van der Waals surface area contributed by atoms with Gasteiger partial charge in [0.2, 0.25) is 0 Å². The zero-order valence-corrected chi connectivity index (χ0v) is 8.40. The molecule has 1 heterocycles. The molecule has 2 N–H and O–H groups in total. The van der Waals surface area contributed by atoms with Crippen molar-refractivity contribution in [2.45, 2.75) is 27.0 Å². The van der Waals surface area contributed by atoms with Crippen molar-refractivity contribution in [3.8, 4) is 0 Å². The first-order valence-electron chi connectivity index (χ1n) is 4.44. The highest BCUT2D eigenvalue weighted by Crippen LogP contribution is 2.18. The molecule has 0 spiro atoms. The van der Waals surface area contributed by atoms with E-state index in [-0.39, 0.29) is 6.61 Å². The summed E-state index contributed by atoms with van der Waals surface area (Å²) in [6.07, 6.45) is 3.53. The molecule has 0 saturated carbocycles. The second kappa shape index (κ2) is 3.84. The van der Waals surface area contributed by atoms with E-state index in [1.54, 1.807) is 36.9 Å². The van der Waals surface area contributed by atoms with Crippen molar-refractivity contribution in [2.24, 2.45) is 5.41 Å². The van der Waals surface area contributed by atoms with Gasteiger partial charge in [-0.3, -0.25) is 4.79 Å². The highest BCUT2D eigenvalue weighted by Gasteiger charge is 2.27. The maximum Gasteiger partial charge on any atom is 0.310 e. The van der Waals surface area contributed by atoms with Gasteiger partial charge in [0, 0.05) is 18.9 Å². The average molecular weight is 197 g/mol. The Hall–Kier alpha value is -1.29. The molecule has 0 radical (unpaired) electrons. The maximum absolute atomic E-state index is 10.8. The Labute approximate surface area is 82.8 Å². The van der Waals surface area contributed by atoms with E-state index in [1.165, 1.54) is 0 Å². The molecule has 0 aromatic carbocycles. The van der Waals surface area contributed by atoms with Gasteiger partial charge in [0.15, 0.2) is 0 Å². The number of aliphatic carboxylic acids is 1. The molecule has 1 aromatic rings. The summed E-state index contributed by atoms with van der Waals surface area (Å²) < 4.78 is 1.78. The summed E-state index contributed by atoms with van der Waals surface area (Å²) in [6.45, 7) is 3.74. The van der Waals surface area contributed by atoms with Crippen molar-refractivity contribution in [3.05, 3.63) is 24.0 Å². The van der Waals surface area contributed by atoms with Gasteiger partial charge in [0.25, 0.3) is 0 Å². The van der Waals surface area contributed by atoms with Crippen LogP contribution < -0.4 is 0 Å². The molecule has 0 saturated heterocycles. The van der Waals surface area contributed by atoms with E-state index in [0.29, 0.717) is 6.54 Å². The van der Waals surface area contributed by atoms with Crippen LogP contribution in [0.15, 0.2) is 18.5 Å². The van der Waals surface area contributed by atoms with Crippen molar-refractivity contribution in [3.63, 3.8) is 0 Å². The second-order valence-corrected chi connectivity index (χ2v) is 4.04. The van der Waals surface area contributed by atoms with Crippen molar-refractivity contribution in [2.75, 3.05) is 0 Å². The summed E-state index contributed by atoms with van der Waals surface area (Å²) in [6, 6.07) is 1.78. The van der Waals surface area contributed by atoms with Crippen molar-refractivity contribution in [1.82, 2.24) is 4.57 Å². The third-order valence-corrected chi connectivity index (χ3v) is 2.15. The molecule has 1 aromatic heterocycles. The van der Waals surface area contributed by atoms with E-state index in [1.807, 2.05) is 0 Å². The zero-order valence-electron chi connectivity index (χ0n) is 8.40. The van der Waals surface area contributed by atoms with Crippen molar-refractivity contribution in [1.29, 1.82) is 0 Å². The summed E-state index contributed by atoms with van der Waals surface area (Å²) in [5.74, 6) is -0.822. The lowest BCUT2D eigenvalue weighted by molar-refractivity contribution is -0.147. The number of nitrogens with zero attached hydrogens (tertiary/aromatic N) is 1. The fourth-order valence-electron chi connectivity index (χ4n) is 1.21. The van der Waals surface area contributed by atoms with E-state index in [2.05, 4.69) is 0 Å². The summed E-state index contributed by atoms with van der Waals surface area (Å²) in [4.78, 5) is 10.8. The number of aromatic nitrogens is 1. The number of carbonyl (C=O) groups is 1. The van der Waals surface area contributed by atoms with E-state index in [4.69, 9.17) is 10.2 Å². The van der Waals surface area contributed by atoms with Crippen LogP contribution in [0.5, 0.6) is 0 Å². The standard InChI is InChI=1S/C10H15NO3/c1-10(2,9(13)14)7-11-4-3-8(5-11)6-12/h3-5,12H,6-7H2,1-2H3,(H,13,14). The number of carboxylic acid groups (broad SMARTS) is 1. The van der Waals surface area contributed by atoms with Crippen LogP contribution in [-0.2, 0) is 17.9 Å². The Bertz CT molecular complexity index is 328. The Morgan fingerprint density at radius 2 is 2.21 bits per heavy atom. The third kappa shape index (κ3) is 2.35. The number of hydrogen-bond donors (Lipinski definition) is 2. The molecule has 4 heteroatoms. The van der Waals surface area contributed by atoms with Gasteiger partial charge >= 0.3 is 5.97 Å². The lowest BCUT2D eigenvalue weighted by Crippen LogP contribution is -2.28. The van der Waals surface area contributed by atoms with E-state index < -0.39 is 11.4 Å². The first-order chi connectivity index (χ1) is 6.45. The minimum Gasteiger partial charge on any atom is -0.481 e. The monoisotopic (exact) mass is 197 g/mol. The molecular weight excluding hydrogens is 182 g/mol. The quantitative estimate of drug-likeness (QED) is 0.759. The number of aliphatic hydroxyl groups is 1. The zero-order chi connectivity index (χ0) is 10.8. The molecule has 1 rings (SSSR count). The molecular formula is C10H15NO3. The van der Waals surface area contributed by atoms with Crippen LogP contribution in [0.1, 0.15) is 19.4 Å². The van der Waals surface area contributed by atoms with Crippen molar-refractivity contribution < 1.29 is 15.0 Å². The molecule has 4 nitrogen and oxygen atoms in total. The van der Waals surface area contributed by atoms with Gasteiger partial charge in [-0.2, -0.15) is 0 Å². The van der Waals surface area contributed by atoms with Crippen LogP contribution in [0.2, 0.25) is 0 Å². The van der Waals surface area contributed by atoms with Crippen LogP contribution in [0, 0.1) is 5.41 Å². The SMILES string of the molecule is CC(C)(Cn1ccc(CO)c1)C(=O)O. The molecule has 0 aliphatic rings. The van der Waals surface area contributed by atoms with Crippen LogP contribution in [0.3, 0.4) is 0 Å². The molecule has 0 unspecified atom stereocenters. The second-order valence-electron chi connectivity index (χ2n) is 4.04. The molecule has 0 amide bonds. The third-order valence-electron chi connectivity index (χ3n) is 2.15. The minimum atomic E-state index is -0.822. The van der Waals surface area contributed by atoms with Gasteiger partial charge in [0.05, 0.1) is 12.0 Å². The molecule has 78 valence electrons. The highest BCUT2D eigenvalue weighted by atomic mass is 16.4. The normalized spacial score (nSPS) is 11.6. The van der Waals surface area contributed by atoms with Crippen LogP contribution >= 0.6 is 0 Å². The smallest absolute Gasteiger partial charge is 0.310 e. The lowest BCUT2D eigenvalue weighted by Gasteiger charge is -2.19. The predicted octanol–water partition coefficient (Wildman–Crippen LogP) is 1.09. The summed E-state index contributed by atoms with van der Waals surface area (Å²) in [5, 5.41) is 17.7. The summed E-state index contributed by atoms with van der Waals surface area (Å²) in [7, 11) is 0. The molecule has 0 atom stereocenters. The summed E-state index contributed by atoms with van der Waals surface area (Å²) in [5.41, 5.74) is 0.0114. The Morgan fingerprint density at radius 3 is 2.64 bits per heavy atom. The molecule has 0 fully saturated rings. The molecule has 14 heavy (non-hydrogen) atoms. The molecule has 0 aliphatic carbocycles. The number of rotatable bonds is 4. The van der Waals surface area contributed by atoms with Crippen LogP contribution in [0.4, 0.5) is 0 Å². The number of carboxylic acids is 1. The van der Waals surface area contributed by atoms with Crippen LogP contribution in [-0.4, -0.2) is 20.7 Å². The topological polar surface area (TPSA) is 62.5 Å². The van der Waals surface area contributed by atoms with E-state index in [9.17, 15) is 4.79 Å². The predicted molar refractivity (Wildman–Crippen MR) is 51.8 cm³/mol. The Kier molecular flexibility index (Phi) is 2.96. The lowest BCUT2D eigenvalue weighted by atomic mass is 9.94. The van der Waals surface area contributed by atoms with E-state index >= 15 is 0 Å². The molecule has 0 aliphatic heterocycles. The first-order valence-corrected chi connectivity index (χ1v) is 4.44. The maximum atomic E-state index is 10.8. The van der Waals surface area contributed by atoms with Gasteiger partial charge in [-0.05, 0) is 25.5 Å².